The zero-order valence-electron chi connectivity index (χ0n) is 18.2. The number of aliphatic imine (C=N–C) groups is 1. The summed E-state index contributed by atoms with van der Waals surface area (Å²) in [5.41, 5.74) is 5.95. The SMILES string of the molecule is Cc1ccc2nc(NCCc3ccc(/N=C4/N[C@@H](C)C(c5ccccc5)S4)cc3)sc2c1. The van der Waals surface area contributed by atoms with Gasteiger partial charge in [-0.3, -0.25) is 0 Å². The van der Waals surface area contributed by atoms with Gasteiger partial charge in [0.15, 0.2) is 10.3 Å². The molecule has 1 aliphatic rings. The maximum Gasteiger partial charge on any atom is 0.183 e. The summed E-state index contributed by atoms with van der Waals surface area (Å²) in [7, 11) is 0. The minimum absolute atomic E-state index is 0.359. The van der Waals surface area contributed by atoms with E-state index in [-0.39, 0.29) is 0 Å². The van der Waals surface area contributed by atoms with Crippen LogP contribution in [0.4, 0.5) is 10.8 Å². The van der Waals surface area contributed by atoms with E-state index in [1.807, 2.05) is 11.8 Å². The highest BCUT2D eigenvalue weighted by Gasteiger charge is 2.29. The lowest BCUT2D eigenvalue weighted by Crippen LogP contribution is -2.24. The van der Waals surface area contributed by atoms with Crippen molar-refractivity contribution in [1.82, 2.24) is 10.3 Å². The monoisotopic (exact) mass is 458 g/mol. The number of amidine groups is 1. The predicted molar refractivity (Wildman–Crippen MR) is 139 cm³/mol. The normalized spacial score (nSPS) is 19.4. The first-order chi connectivity index (χ1) is 15.6. The molecule has 162 valence electrons. The van der Waals surface area contributed by atoms with Gasteiger partial charge in [-0.25, -0.2) is 9.98 Å². The van der Waals surface area contributed by atoms with Crippen LogP contribution in [0.3, 0.4) is 0 Å². The Hall–Kier alpha value is -2.83. The van der Waals surface area contributed by atoms with E-state index in [2.05, 4.69) is 102 Å². The van der Waals surface area contributed by atoms with Crippen LogP contribution in [0.15, 0.2) is 77.8 Å². The van der Waals surface area contributed by atoms with Crippen LogP contribution in [-0.4, -0.2) is 22.7 Å². The van der Waals surface area contributed by atoms with Gasteiger partial charge in [0.2, 0.25) is 0 Å². The van der Waals surface area contributed by atoms with Crippen molar-refractivity contribution in [3.8, 4) is 0 Å². The first-order valence-corrected chi connectivity index (χ1v) is 12.6. The highest BCUT2D eigenvalue weighted by Crippen LogP contribution is 2.38. The van der Waals surface area contributed by atoms with Crippen LogP contribution < -0.4 is 10.6 Å². The van der Waals surface area contributed by atoms with Crippen molar-refractivity contribution >= 4 is 49.3 Å². The van der Waals surface area contributed by atoms with Gasteiger partial charge in [0, 0.05) is 12.6 Å². The maximum absolute atomic E-state index is 4.83. The van der Waals surface area contributed by atoms with Gasteiger partial charge in [-0.1, -0.05) is 71.6 Å². The van der Waals surface area contributed by atoms with Gasteiger partial charge >= 0.3 is 0 Å². The number of thioether (sulfide) groups is 1. The van der Waals surface area contributed by atoms with Crippen molar-refractivity contribution in [3.63, 3.8) is 0 Å². The van der Waals surface area contributed by atoms with Gasteiger partial charge in [0.25, 0.3) is 0 Å². The highest BCUT2D eigenvalue weighted by molar-refractivity contribution is 8.14. The molecule has 32 heavy (non-hydrogen) atoms. The van der Waals surface area contributed by atoms with Crippen LogP contribution in [0.5, 0.6) is 0 Å². The van der Waals surface area contributed by atoms with Crippen LogP contribution in [0.25, 0.3) is 10.2 Å². The van der Waals surface area contributed by atoms with Gasteiger partial charge in [-0.15, -0.1) is 0 Å². The summed E-state index contributed by atoms with van der Waals surface area (Å²) in [5.74, 6) is 0. The van der Waals surface area contributed by atoms with E-state index in [0.29, 0.717) is 11.3 Å². The van der Waals surface area contributed by atoms with Crippen LogP contribution in [0, 0.1) is 6.92 Å². The largest absolute Gasteiger partial charge is 0.361 e. The standard InChI is InChI=1S/C26H26N4S2/c1-17-8-13-22-23(16-17)31-25(30-22)27-15-14-19-9-11-21(12-10-19)29-26-28-18(2)24(32-26)20-6-4-3-5-7-20/h3-13,16,18,24H,14-15H2,1-2H3,(H,27,30)(H,28,29)/t18-,24?/m0/s1. The molecule has 2 atom stereocenters. The fraction of sp³-hybridized carbons (Fsp3) is 0.231. The number of aromatic nitrogens is 1. The average molecular weight is 459 g/mol. The Morgan fingerprint density at radius 2 is 1.84 bits per heavy atom. The second-order valence-electron chi connectivity index (χ2n) is 8.13. The van der Waals surface area contributed by atoms with Gasteiger partial charge in [-0.2, -0.15) is 0 Å². The molecule has 0 spiro atoms. The predicted octanol–water partition coefficient (Wildman–Crippen LogP) is 6.71. The topological polar surface area (TPSA) is 49.3 Å². The Morgan fingerprint density at radius 1 is 1.03 bits per heavy atom. The molecule has 1 unspecified atom stereocenters. The molecule has 0 radical (unpaired) electrons. The van der Waals surface area contributed by atoms with Crippen LogP contribution in [-0.2, 0) is 6.42 Å². The van der Waals surface area contributed by atoms with E-state index in [1.54, 1.807) is 11.3 Å². The second kappa shape index (κ2) is 9.35. The van der Waals surface area contributed by atoms with Crippen molar-refractivity contribution in [2.75, 3.05) is 11.9 Å². The molecule has 0 bridgehead atoms. The van der Waals surface area contributed by atoms with E-state index in [9.17, 15) is 0 Å². The maximum atomic E-state index is 4.83. The molecule has 0 amide bonds. The third-order valence-electron chi connectivity index (χ3n) is 5.57. The van der Waals surface area contributed by atoms with Gasteiger partial charge < -0.3 is 10.6 Å². The minimum atomic E-state index is 0.359. The lowest BCUT2D eigenvalue weighted by atomic mass is 10.1. The number of rotatable bonds is 6. The first kappa shape index (κ1) is 21.0. The number of anilines is 1. The van der Waals surface area contributed by atoms with Gasteiger partial charge in [0.1, 0.15) is 0 Å². The summed E-state index contributed by atoms with van der Waals surface area (Å²) in [4.78, 5) is 9.50. The van der Waals surface area contributed by atoms with E-state index in [0.717, 1.165) is 34.5 Å². The van der Waals surface area contributed by atoms with Crippen molar-refractivity contribution in [2.24, 2.45) is 4.99 Å². The van der Waals surface area contributed by atoms with Gasteiger partial charge in [0.05, 0.1) is 21.2 Å². The fourth-order valence-corrected chi connectivity index (χ4v) is 6.07. The molecule has 2 N–H and O–H groups in total. The van der Waals surface area contributed by atoms with E-state index in [1.165, 1.54) is 21.4 Å². The Balaban J connectivity index is 1.17. The second-order valence-corrected chi connectivity index (χ2v) is 10.3. The lowest BCUT2D eigenvalue weighted by Gasteiger charge is -2.12. The van der Waals surface area contributed by atoms with E-state index >= 15 is 0 Å². The minimum Gasteiger partial charge on any atom is -0.361 e. The molecule has 1 fully saturated rings. The van der Waals surface area contributed by atoms with E-state index < -0.39 is 0 Å². The van der Waals surface area contributed by atoms with Gasteiger partial charge in [-0.05, 0) is 61.2 Å². The van der Waals surface area contributed by atoms with Crippen LogP contribution in [0.1, 0.15) is 28.9 Å². The zero-order valence-corrected chi connectivity index (χ0v) is 19.8. The molecule has 6 heteroatoms. The molecule has 0 aliphatic carbocycles. The van der Waals surface area contributed by atoms with Crippen LogP contribution >= 0.6 is 23.1 Å². The molecule has 0 saturated carbocycles. The number of thiazole rings is 1. The number of fused-ring (bicyclic) bond motifs is 1. The van der Waals surface area contributed by atoms with Crippen molar-refractivity contribution < 1.29 is 0 Å². The molecule has 1 saturated heterocycles. The first-order valence-electron chi connectivity index (χ1n) is 10.9. The molecule has 1 aliphatic heterocycles. The molecular formula is C26H26N4S2. The zero-order chi connectivity index (χ0) is 21.9. The third-order valence-corrected chi connectivity index (χ3v) is 7.92. The molecule has 5 rings (SSSR count). The Kier molecular flexibility index (Phi) is 6.14. The number of nitrogens with zero attached hydrogens (tertiary/aromatic N) is 2. The number of hydrogen-bond donors (Lipinski definition) is 2. The van der Waals surface area contributed by atoms with E-state index in [4.69, 9.17) is 4.99 Å². The number of nitrogens with one attached hydrogen (secondary N) is 2. The Morgan fingerprint density at radius 3 is 2.66 bits per heavy atom. The van der Waals surface area contributed by atoms with Crippen molar-refractivity contribution in [3.05, 3.63) is 89.5 Å². The Labute approximate surface area is 197 Å². The number of aryl methyl sites for hydroxylation is 1. The molecule has 2 heterocycles. The molecule has 1 aromatic heterocycles. The average Bonchev–Trinajstić information content (AvgIpc) is 3.37. The highest BCUT2D eigenvalue weighted by atomic mass is 32.2. The lowest BCUT2D eigenvalue weighted by molar-refractivity contribution is 0.671. The molecule has 4 aromatic rings. The van der Waals surface area contributed by atoms with Crippen molar-refractivity contribution in [1.29, 1.82) is 0 Å². The fourth-order valence-electron chi connectivity index (χ4n) is 3.86. The number of hydrogen-bond acceptors (Lipinski definition) is 5. The number of benzene rings is 3. The molecule has 3 aromatic carbocycles. The quantitative estimate of drug-likeness (QED) is 0.337. The van der Waals surface area contributed by atoms with Crippen LogP contribution in [0.2, 0.25) is 0 Å². The van der Waals surface area contributed by atoms with Crippen molar-refractivity contribution in [2.45, 2.75) is 31.6 Å². The summed E-state index contributed by atoms with van der Waals surface area (Å²) in [6.45, 7) is 5.20. The smallest absolute Gasteiger partial charge is 0.183 e. The Bertz CT molecular complexity index is 1230. The summed E-state index contributed by atoms with van der Waals surface area (Å²) in [5, 5.41) is 9.37. The summed E-state index contributed by atoms with van der Waals surface area (Å²) in [6, 6.07) is 25.9. The summed E-state index contributed by atoms with van der Waals surface area (Å²) >= 11 is 3.52. The summed E-state index contributed by atoms with van der Waals surface area (Å²) < 4.78 is 1.23. The summed E-state index contributed by atoms with van der Waals surface area (Å²) in [6.07, 6.45) is 0.950. The third kappa shape index (κ3) is 4.81. The molecular weight excluding hydrogens is 432 g/mol. The molecule has 4 nitrogen and oxygen atoms in total.